The van der Waals surface area contributed by atoms with Gasteiger partial charge in [-0.15, -0.1) is 0 Å². The number of nitrogens with one attached hydrogen (secondary N) is 2. The normalized spacial score (nSPS) is 19.9. The van der Waals surface area contributed by atoms with E-state index in [2.05, 4.69) is 35.3 Å². The number of anilines is 1. The van der Waals surface area contributed by atoms with Gasteiger partial charge in [0, 0.05) is 11.3 Å². The third kappa shape index (κ3) is 4.50. The summed E-state index contributed by atoms with van der Waals surface area (Å²) < 4.78 is 4.47. The Bertz CT molecular complexity index is 731. The molecule has 140 valence electrons. The molecule has 0 bridgehead atoms. The lowest BCUT2D eigenvalue weighted by Gasteiger charge is -2.08. The number of esters is 1. The molecule has 1 aromatic rings. The molecule has 6 heteroatoms. The zero-order valence-electron chi connectivity index (χ0n) is 15.9. The van der Waals surface area contributed by atoms with E-state index in [1.54, 1.807) is 24.3 Å². The summed E-state index contributed by atoms with van der Waals surface area (Å²) in [4.78, 5) is 35.5. The van der Waals surface area contributed by atoms with Crippen LogP contribution in [-0.4, -0.2) is 31.4 Å². The Morgan fingerprint density at radius 3 is 2.31 bits per heavy atom. The van der Waals surface area contributed by atoms with Crippen molar-refractivity contribution in [1.82, 2.24) is 5.32 Å². The van der Waals surface area contributed by atoms with Crippen molar-refractivity contribution in [3.05, 3.63) is 41.5 Å². The number of benzene rings is 1. The minimum Gasteiger partial charge on any atom is -0.468 e. The van der Waals surface area contributed by atoms with Crippen LogP contribution in [0.1, 0.15) is 38.1 Å². The lowest BCUT2D eigenvalue weighted by atomic mass is 10.1. The van der Waals surface area contributed by atoms with Gasteiger partial charge in [0.25, 0.3) is 5.91 Å². The van der Waals surface area contributed by atoms with Gasteiger partial charge in [-0.1, -0.05) is 25.5 Å². The molecule has 6 nitrogen and oxygen atoms in total. The molecule has 1 aliphatic rings. The highest BCUT2D eigenvalue weighted by Gasteiger charge is 2.60. The van der Waals surface area contributed by atoms with Crippen molar-refractivity contribution in [2.75, 3.05) is 19.0 Å². The largest absolute Gasteiger partial charge is 0.468 e. The molecule has 2 atom stereocenters. The van der Waals surface area contributed by atoms with Crippen LogP contribution >= 0.6 is 0 Å². The summed E-state index contributed by atoms with van der Waals surface area (Å²) in [5, 5.41) is 5.38. The predicted molar refractivity (Wildman–Crippen MR) is 99.6 cm³/mol. The van der Waals surface area contributed by atoms with Crippen molar-refractivity contribution < 1.29 is 19.1 Å². The van der Waals surface area contributed by atoms with E-state index in [0.29, 0.717) is 11.3 Å². The van der Waals surface area contributed by atoms with Crippen LogP contribution in [0.25, 0.3) is 0 Å². The van der Waals surface area contributed by atoms with Crippen LogP contribution < -0.4 is 10.6 Å². The van der Waals surface area contributed by atoms with E-state index in [4.69, 9.17) is 0 Å². The Labute approximate surface area is 154 Å². The number of rotatable bonds is 6. The number of carbonyl (C=O) groups excluding carboxylic acids is 3. The molecule has 2 rings (SSSR count). The van der Waals surface area contributed by atoms with Gasteiger partial charge in [-0.3, -0.25) is 14.4 Å². The van der Waals surface area contributed by atoms with Crippen molar-refractivity contribution in [1.29, 1.82) is 0 Å². The summed E-state index contributed by atoms with van der Waals surface area (Å²) in [6.07, 6.45) is 2.15. The Balaban J connectivity index is 1.95. The van der Waals surface area contributed by atoms with E-state index >= 15 is 0 Å². The van der Waals surface area contributed by atoms with Gasteiger partial charge in [0.05, 0.1) is 13.0 Å². The summed E-state index contributed by atoms with van der Waals surface area (Å²) in [7, 11) is 1.26. The van der Waals surface area contributed by atoms with Gasteiger partial charge in [-0.2, -0.15) is 0 Å². The summed E-state index contributed by atoms with van der Waals surface area (Å²) >= 11 is 0. The standard InChI is InChI=1S/C20H26N2O4/c1-12(2)10-15-17(20(15,3)4)19(25)22-14-8-6-13(7-9-14)18(24)21-11-16(23)26-5/h6-10,15,17H,11H2,1-5H3,(H,21,24)(H,22,25)/t15-,17-/m1/s1. The fourth-order valence-electron chi connectivity index (χ4n) is 3.10. The molecule has 1 aromatic carbocycles. The maximum atomic E-state index is 12.5. The van der Waals surface area contributed by atoms with E-state index < -0.39 is 5.97 Å². The van der Waals surface area contributed by atoms with Crippen LogP contribution in [0.5, 0.6) is 0 Å². The van der Waals surface area contributed by atoms with Crippen LogP contribution in [-0.2, 0) is 14.3 Å². The summed E-state index contributed by atoms with van der Waals surface area (Å²) in [5.41, 5.74) is 2.20. The second kappa shape index (κ2) is 7.72. The number of hydrogen-bond acceptors (Lipinski definition) is 4. The molecule has 0 aliphatic heterocycles. The van der Waals surface area contributed by atoms with E-state index in [9.17, 15) is 14.4 Å². The highest BCUT2D eigenvalue weighted by atomic mass is 16.5. The summed E-state index contributed by atoms with van der Waals surface area (Å²) in [6.45, 7) is 8.07. The Morgan fingerprint density at radius 1 is 1.15 bits per heavy atom. The number of methoxy groups -OCH3 is 1. The van der Waals surface area contributed by atoms with Gasteiger partial charge in [-0.25, -0.2) is 0 Å². The summed E-state index contributed by atoms with van der Waals surface area (Å²) in [5.74, 6) is -0.711. The smallest absolute Gasteiger partial charge is 0.325 e. The average molecular weight is 358 g/mol. The third-order valence-electron chi connectivity index (χ3n) is 4.74. The first-order chi connectivity index (χ1) is 12.2. The van der Waals surface area contributed by atoms with E-state index in [-0.39, 0.29) is 35.6 Å². The molecular formula is C20H26N2O4. The predicted octanol–water partition coefficient (Wildman–Crippen LogP) is 2.77. The van der Waals surface area contributed by atoms with Gasteiger partial charge >= 0.3 is 5.97 Å². The van der Waals surface area contributed by atoms with Crippen LogP contribution in [0, 0.1) is 17.3 Å². The first-order valence-corrected chi connectivity index (χ1v) is 8.57. The number of hydrogen-bond donors (Lipinski definition) is 2. The summed E-state index contributed by atoms with van der Waals surface area (Å²) in [6, 6.07) is 6.56. The molecule has 26 heavy (non-hydrogen) atoms. The first-order valence-electron chi connectivity index (χ1n) is 8.57. The lowest BCUT2D eigenvalue weighted by Crippen LogP contribution is -2.30. The fourth-order valence-corrected chi connectivity index (χ4v) is 3.10. The van der Waals surface area contributed by atoms with Crippen LogP contribution in [0.4, 0.5) is 5.69 Å². The molecule has 0 aromatic heterocycles. The van der Waals surface area contributed by atoms with Crippen molar-refractivity contribution in [3.63, 3.8) is 0 Å². The average Bonchev–Trinajstić information content (AvgIpc) is 3.12. The van der Waals surface area contributed by atoms with Gasteiger partial charge in [0.2, 0.25) is 5.91 Å². The number of amides is 2. The van der Waals surface area contributed by atoms with Crippen molar-refractivity contribution >= 4 is 23.5 Å². The maximum absolute atomic E-state index is 12.5. The highest BCUT2D eigenvalue weighted by molar-refractivity contribution is 5.98. The molecule has 0 spiro atoms. The molecule has 2 N–H and O–H groups in total. The Morgan fingerprint density at radius 2 is 1.77 bits per heavy atom. The minimum absolute atomic E-state index is 0.0135. The fraction of sp³-hybridized carbons (Fsp3) is 0.450. The van der Waals surface area contributed by atoms with Gasteiger partial charge < -0.3 is 15.4 Å². The molecule has 0 heterocycles. The van der Waals surface area contributed by atoms with E-state index in [1.807, 2.05) is 13.8 Å². The molecule has 1 fully saturated rings. The maximum Gasteiger partial charge on any atom is 0.325 e. The zero-order valence-corrected chi connectivity index (χ0v) is 15.9. The first kappa shape index (κ1) is 19.7. The number of allylic oxidation sites excluding steroid dienone is 2. The highest BCUT2D eigenvalue weighted by Crippen LogP contribution is 2.59. The van der Waals surface area contributed by atoms with Crippen molar-refractivity contribution in [2.45, 2.75) is 27.7 Å². The lowest BCUT2D eigenvalue weighted by molar-refractivity contribution is -0.139. The SMILES string of the molecule is COC(=O)CNC(=O)c1ccc(NC(=O)[C@H]2[C@@H](C=C(C)C)C2(C)C)cc1. The third-order valence-corrected chi connectivity index (χ3v) is 4.74. The molecule has 0 radical (unpaired) electrons. The number of ether oxygens (including phenoxy) is 1. The molecular weight excluding hydrogens is 332 g/mol. The minimum atomic E-state index is -0.514. The Hall–Kier alpha value is -2.63. The molecule has 0 unspecified atom stereocenters. The topological polar surface area (TPSA) is 84.5 Å². The van der Waals surface area contributed by atoms with Gasteiger partial charge in [0.1, 0.15) is 6.54 Å². The molecule has 1 aliphatic carbocycles. The van der Waals surface area contributed by atoms with Crippen LogP contribution in [0.2, 0.25) is 0 Å². The second-order valence-electron chi connectivity index (χ2n) is 7.39. The molecule has 2 amide bonds. The quantitative estimate of drug-likeness (QED) is 0.605. The van der Waals surface area contributed by atoms with E-state index in [1.165, 1.54) is 12.7 Å². The second-order valence-corrected chi connectivity index (χ2v) is 7.39. The van der Waals surface area contributed by atoms with E-state index in [0.717, 1.165) is 0 Å². The van der Waals surface area contributed by atoms with Gasteiger partial charge in [-0.05, 0) is 49.4 Å². The van der Waals surface area contributed by atoms with Crippen LogP contribution in [0.3, 0.4) is 0 Å². The van der Waals surface area contributed by atoms with Crippen molar-refractivity contribution in [2.24, 2.45) is 17.3 Å². The monoisotopic (exact) mass is 358 g/mol. The zero-order chi connectivity index (χ0) is 19.5. The van der Waals surface area contributed by atoms with Crippen molar-refractivity contribution in [3.8, 4) is 0 Å². The van der Waals surface area contributed by atoms with Crippen LogP contribution in [0.15, 0.2) is 35.9 Å². The van der Waals surface area contributed by atoms with Gasteiger partial charge in [0.15, 0.2) is 0 Å². The Kier molecular flexibility index (Phi) is 5.85. The molecule has 1 saturated carbocycles. The molecule has 0 saturated heterocycles. The number of carbonyl (C=O) groups is 3.